The highest BCUT2D eigenvalue weighted by Gasteiger charge is 2.61. The lowest BCUT2D eigenvalue weighted by molar-refractivity contribution is -0.147. The SMILES string of the molecule is COCc1c(F)c(Cl)c(COC(=O)[C@@H]2[C@@H](C=C(C)C)C2(C)C)c(Cl)c1F. The highest BCUT2D eigenvalue weighted by atomic mass is 35.5. The molecule has 1 aromatic carbocycles. The van der Waals surface area contributed by atoms with Crippen LogP contribution < -0.4 is 0 Å². The molecule has 26 heavy (non-hydrogen) atoms. The molecular weight excluding hydrogens is 385 g/mol. The van der Waals surface area contributed by atoms with Crippen molar-refractivity contribution >= 4 is 29.2 Å². The van der Waals surface area contributed by atoms with Crippen LogP contribution in [-0.2, 0) is 27.5 Å². The van der Waals surface area contributed by atoms with Crippen LogP contribution in [0.2, 0.25) is 10.0 Å². The van der Waals surface area contributed by atoms with E-state index in [9.17, 15) is 13.6 Å². The quantitative estimate of drug-likeness (QED) is 0.345. The molecule has 0 radical (unpaired) electrons. The molecule has 1 aliphatic carbocycles. The summed E-state index contributed by atoms with van der Waals surface area (Å²) in [4.78, 5) is 12.4. The van der Waals surface area contributed by atoms with E-state index in [1.807, 2.05) is 33.8 Å². The van der Waals surface area contributed by atoms with Gasteiger partial charge in [-0.3, -0.25) is 4.79 Å². The number of esters is 1. The molecule has 0 aromatic heterocycles. The Morgan fingerprint density at radius 1 is 1.12 bits per heavy atom. The number of allylic oxidation sites excluding steroid dienone is 2. The van der Waals surface area contributed by atoms with Gasteiger partial charge in [0.05, 0.1) is 28.1 Å². The van der Waals surface area contributed by atoms with Crippen LogP contribution >= 0.6 is 23.2 Å². The van der Waals surface area contributed by atoms with Gasteiger partial charge in [0, 0.05) is 12.7 Å². The molecule has 0 saturated heterocycles. The van der Waals surface area contributed by atoms with E-state index in [4.69, 9.17) is 32.7 Å². The Morgan fingerprint density at radius 3 is 2.12 bits per heavy atom. The van der Waals surface area contributed by atoms with Crippen LogP contribution in [0.5, 0.6) is 0 Å². The van der Waals surface area contributed by atoms with Crippen molar-refractivity contribution in [1.82, 2.24) is 0 Å². The second-order valence-electron chi connectivity index (χ2n) is 7.32. The van der Waals surface area contributed by atoms with Crippen molar-refractivity contribution in [3.05, 3.63) is 44.5 Å². The van der Waals surface area contributed by atoms with Gasteiger partial charge in [0.25, 0.3) is 0 Å². The fraction of sp³-hybridized carbons (Fsp3) is 0.526. The number of methoxy groups -OCH3 is 1. The molecule has 2 atom stereocenters. The number of hydrogen-bond donors (Lipinski definition) is 0. The second kappa shape index (κ2) is 7.83. The molecule has 3 nitrogen and oxygen atoms in total. The van der Waals surface area contributed by atoms with E-state index in [0.29, 0.717) is 0 Å². The van der Waals surface area contributed by atoms with Gasteiger partial charge < -0.3 is 9.47 Å². The van der Waals surface area contributed by atoms with E-state index in [0.717, 1.165) is 5.57 Å². The van der Waals surface area contributed by atoms with Crippen LogP contribution in [0.1, 0.15) is 38.8 Å². The molecule has 144 valence electrons. The Balaban J connectivity index is 2.18. The average Bonchev–Trinajstić information content (AvgIpc) is 3.09. The Kier molecular flexibility index (Phi) is 6.36. The minimum Gasteiger partial charge on any atom is -0.460 e. The zero-order valence-electron chi connectivity index (χ0n) is 15.4. The van der Waals surface area contributed by atoms with E-state index in [-0.39, 0.29) is 45.0 Å². The van der Waals surface area contributed by atoms with Gasteiger partial charge >= 0.3 is 5.97 Å². The molecule has 1 fully saturated rings. The molecule has 1 saturated carbocycles. The number of ether oxygens (including phenoxy) is 2. The minimum atomic E-state index is -0.962. The average molecular weight is 407 g/mol. The number of carbonyl (C=O) groups excluding carboxylic acids is 1. The van der Waals surface area contributed by atoms with Gasteiger partial charge in [-0.05, 0) is 25.2 Å². The van der Waals surface area contributed by atoms with E-state index in [1.54, 1.807) is 0 Å². The second-order valence-corrected chi connectivity index (χ2v) is 8.08. The number of carbonyl (C=O) groups is 1. The molecule has 1 aliphatic rings. The molecule has 0 bridgehead atoms. The standard InChI is InChI=1S/C19H22Cl2F2O3/c1-9(2)6-12-13(19(12,3)4)18(24)26-8-10-14(20)16(22)11(7-25-5)17(23)15(10)21/h6,12-13H,7-8H2,1-5H3/t12-,13+/m1/s1. The maximum atomic E-state index is 14.3. The summed E-state index contributed by atoms with van der Waals surface area (Å²) in [5.41, 5.74) is 0.446. The Labute approximate surface area is 162 Å². The third-order valence-electron chi connectivity index (χ3n) is 4.77. The van der Waals surface area contributed by atoms with Crippen LogP contribution in [-0.4, -0.2) is 13.1 Å². The van der Waals surface area contributed by atoms with Gasteiger partial charge in [-0.2, -0.15) is 0 Å². The first-order chi connectivity index (χ1) is 12.0. The first kappa shape index (κ1) is 21.1. The summed E-state index contributed by atoms with van der Waals surface area (Å²) in [5, 5.41) is -0.737. The van der Waals surface area contributed by atoms with Gasteiger partial charge in [-0.15, -0.1) is 0 Å². The van der Waals surface area contributed by atoms with Crippen LogP contribution in [0.3, 0.4) is 0 Å². The van der Waals surface area contributed by atoms with Gasteiger partial charge in [-0.1, -0.05) is 48.7 Å². The lowest BCUT2D eigenvalue weighted by atomic mass is 10.1. The predicted molar refractivity (Wildman–Crippen MR) is 97.1 cm³/mol. The third-order valence-corrected chi connectivity index (χ3v) is 5.56. The normalized spacial score (nSPS) is 20.7. The van der Waals surface area contributed by atoms with E-state index >= 15 is 0 Å². The Hall–Kier alpha value is -1.17. The largest absolute Gasteiger partial charge is 0.460 e. The highest BCUT2D eigenvalue weighted by Crippen LogP contribution is 2.59. The summed E-state index contributed by atoms with van der Waals surface area (Å²) >= 11 is 11.9. The van der Waals surface area contributed by atoms with Crippen molar-refractivity contribution in [2.45, 2.75) is 40.9 Å². The van der Waals surface area contributed by atoms with Gasteiger partial charge in [0.2, 0.25) is 0 Å². The van der Waals surface area contributed by atoms with Crippen molar-refractivity contribution < 1.29 is 23.0 Å². The van der Waals surface area contributed by atoms with Gasteiger partial charge in [-0.25, -0.2) is 8.78 Å². The van der Waals surface area contributed by atoms with Crippen LogP contribution in [0.25, 0.3) is 0 Å². The molecule has 0 aliphatic heterocycles. The molecular formula is C19H22Cl2F2O3. The Bertz CT molecular complexity index is 727. The lowest BCUT2D eigenvalue weighted by Crippen LogP contribution is -2.12. The molecule has 7 heteroatoms. The number of rotatable bonds is 6. The molecule has 0 heterocycles. The molecule has 0 N–H and O–H groups in total. The van der Waals surface area contributed by atoms with Gasteiger partial charge in [0.15, 0.2) is 11.6 Å². The fourth-order valence-electron chi connectivity index (χ4n) is 3.15. The maximum Gasteiger partial charge on any atom is 0.310 e. The zero-order valence-corrected chi connectivity index (χ0v) is 16.9. The summed E-state index contributed by atoms with van der Waals surface area (Å²) in [6, 6.07) is 0. The summed E-state index contributed by atoms with van der Waals surface area (Å²) in [6.45, 7) is 7.17. The summed E-state index contributed by atoms with van der Waals surface area (Å²) < 4.78 is 38.5. The van der Waals surface area contributed by atoms with Crippen molar-refractivity contribution in [2.24, 2.45) is 17.3 Å². The predicted octanol–water partition coefficient (Wildman–Crippen LogP) is 5.70. The molecule has 1 aromatic rings. The van der Waals surface area contributed by atoms with Crippen LogP contribution in [0, 0.1) is 28.9 Å². The maximum absolute atomic E-state index is 14.3. The molecule has 2 rings (SSSR count). The topological polar surface area (TPSA) is 35.5 Å². The zero-order chi connectivity index (χ0) is 19.8. The fourth-order valence-corrected chi connectivity index (χ4v) is 3.73. The molecule has 0 unspecified atom stereocenters. The molecule has 0 amide bonds. The van der Waals surface area contributed by atoms with Crippen molar-refractivity contribution in [1.29, 1.82) is 0 Å². The lowest BCUT2D eigenvalue weighted by Gasteiger charge is -2.14. The Morgan fingerprint density at radius 2 is 1.65 bits per heavy atom. The van der Waals surface area contributed by atoms with Crippen molar-refractivity contribution in [3.63, 3.8) is 0 Å². The first-order valence-corrected chi connectivity index (χ1v) is 8.93. The van der Waals surface area contributed by atoms with Crippen molar-refractivity contribution in [2.75, 3.05) is 7.11 Å². The van der Waals surface area contributed by atoms with E-state index < -0.39 is 24.2 Å². The van der Waals surface area contributed by atoms with E-state index in [1.165, 1.54) is 7.11 Å². The monoisotopic (exact) mass is 406 g/mol. The first-order valence-electron chi connectivity index (χ1n) is 8.18. The summed E-state index contributed by atoms with van der Waals surface area (Å²) in [6.07, 6.45) is 2.03. The molecule has 0 spiro atoms. The summed E-state index contributed by atoms with van der Waals surface area (Å²) in [5.74, 6) is -2.60. The third kappa shape index (κ3) is 3.90. The number of benzene rings is 1. The minimum absolute atomic E-state index is 0.0727. The van der Waals surface area contributed by atoms with Crippen molar-refractivity contribution in [3.8, 4) is 0 Å². The highest BCUT2D eigenvalue weighted by molar-refractivity contribution is 6.36. The smallest absolute Gasteiger partial charge is 0.310 e. The van der Waals surface area contributed by atoms with E-state index in [2.05, 4.69) is 0 Å². The summed E-state index contributed by atoms with van der Waals surface area (Å²) in [7, 11) is 1.30. The van der Waals surface area contributed by atoms with Gasteiger partial charge in [0.1, 0.15) is 6.61 Å². The number of halogens is 4. The number of hydrogen-bond acceptors (Lipinski definition) is 3. The van der Waals surface area contributed by atoms with Crippen LogP contribution in [0.4, 0.5) is 8.78 Å². The van der Waals surface area contributed by atoms with Crippen LogP contribution in [0.15, 0.2) is 11.6 Å².